The lowest BCUT2D eigenvalue weighted by Gasteiger charge is -2.09. The van der Waals surface area contributed by atoms with Crippen LogP contribution in [0, 0.1) is 0 Å². The summed E-state index contributed by atoms with van der Waals surface area (Å²) in [6.45, 7) is -2.99. The number of sulfonamides is 1. The maximum absolute atomic E-state index is 12.1. The number of esters is 1. The highest BCUT2D eigenvalue weighted by molar-refractivity contribution is 7.92. The molecule has 0 radical (unpaired) electrons. The second-order valence-corrected chi connectivity index (χ2v) is 5.85. The first-order valence-electron chi connectivity index (χ1n) is 5.94. The van der Waals surface area contributed by atoms with Gasteiger partial charge in [0.05, 0.1) is 18.6 Å². The average Bonchev–Trinajstić information content (AvgIpc) is 2.37. The molecule has 1 aromatic rings. The number of nitrogens with one attached hydrogen (secondary N) is 1. The Labute approximate surface area is 121 Å². The van der Waals surface area contributed by atoms with Crippen molar-refractivity contribution in [2.75, 3.05) is 17.6 Å². The van der Waals surface area contributed by atoms with Gasteiger partial charge in [-0.25, -0.2) is 8.42 Å². The third-order valence-electron chi connectivity index (χ3n) is 2.35. The third-order valence-corrected chi connectivity index (χ3v) is 3.73. The quantitative estimate of drug-likeness (QED) is 0.740. The molecule has 0 atom stereocenters. The summed E-state index contributed by atoms with van der Waals surface area (Å²) in [6, 6.07) is 5.20. The molecule has 6 nitrogen and oxygen atoms in total. The molecule has 0 fully saturated rings. The van der Waals surface area contributed by atoms with Crippen molar-refractivity contribution in [2.24, 2.45) is 0 Å². The molecule has 1 N–H and O–H groups in total. The molecule has 0 aromatic heterocycles. The van der Waals surface area contributed by atoms with E-state index in [9.17, 15) is 22.0 Å². The summed E-state index contributed by atoms with van der Waals surface area (Å²) in [5, 5.41) is 0. The summed E-state index contributed by atoms with van der Waals surface area (Å²) in [6.07, 6.45) is 0.0706. The van der Waals surface area contributed by atoms with Gasteiger partial charge in [0.2, 0.25) is 10.0 Å². The van der Waals surface area contributed by atoms with E-state index in [4.69, 9.17) is 0 Å². The number of benzene rings is 1. The molecule has 0 amide bonds. The van der Waals surface area contributed by atoms with E-state index in [1.54, 1.807) is 0 Å². The summed E-state index contributed by atoms with van der Waals surface area (Å²) in [4.78, 5) is 10.9. The topological polar surface area (TPSA) is 81.7 Å². The van der Waals surface area contributed by atoms with Crippen molar-refractivity contribution in [3.63, 3.8) is 0 Å². The Bertz CT molecular complexity index is 577. The number of methoxy groups -OCH3 is 1. The fourth-order valence-electron chi connectivity index (χ4n) is 1.47. The van der Waals surface area contributed by atoms with Crippen LogP contribution in [0.5, 0.6) is 5.75 Å². The molecular formula is C12H15F2NO5S. The van der Waals surface area contributed by atoms with Gasteiger partial charge in [0.15, 0.2) is 0 Å². The van der Waals surface area contributed by atoms with E-state index < -0.39 is 22.6 Å². The molecule has 0 unspecified atom stereocenters. The number of carbonyl (C=O) groups is 1. The molecule has 0 aliphatic rings. The first kappa shape index (κ1) is 17.2. The number of alkyl halides is 2. The number of anilines is 1. The van der Waals surface area contributed by atoms with E-state index in [0.717, 1.165) is 6.07 Å². The molecule has 0 aliphatic carbocycles. The molecule has 0 saturated heterocycles. The molecule has 9 heteroatoms. The predicted octanol–water partition coefficient (Wildman–Crippen LogP) is 1.98. The van der Waals surface area contributed by atoms with E-state index >= 15 is 0 Å². The molecular weight excluding hydrogens is 308 g/mol. The van der Waals surface area contributed by atoms with Crippen LogP contribution in [-0.2, 0) is 19.6 Å². The number of hydrogen-bond acceptors (Lipinski definition) is 5. The first-order chi connectivity index (χ1) is 9.82. The second-order valence-electron chi connectivity index (χ2n) is 4.01. The summed E-state index contributed by atoms with van der Waals surface area (Å²) < 4.78 is 58.4. The van der Waals surface area contributed by atoms with Crippen LogP contribution in [0.4, 0.5) is 14.5 Å². The van der Waals surface area contributed by atoms with Crippen molar-refractivity contribution < 1.29 is 31.5 Å². The zero-order valence-corrected chi connectivity index (χ0v) is 12.0. The molecule has 0 aliphatic heterocycles. The Morgan fingerprint density at radius 2 is 2.10 bits per heavy atom. The van der Waals surface area contributed by atoms with Gasteiger partial charge in [-0.3, -0.25) is 9.52 Å². The molecule has 0 spiro atoms. The van der Waals surface area contributed by atoms with Crippen LogP contribution in [0.15, 0.2) is 24.3 Å². The fourth-order valence-corrected chi connectivity index (χ4v) is 2.59. The number of rotatable bonds is 8. The Hall–Kier alpha value is -1.90. The third kappa shape index (κ3) is 6.89. The van der Waals surface area contributed by atoms with E-state index in [2.05, 4.69) is 14.2 Å². The highest BCUT2D eigenvalue weighted by Crippen LogP contribution is 2.20. The fraction of sp³-hybridized carbons (Fsp3) is 0.417. The van der Waals surface area contributed by atoms with Crippen molar-refractivity contribution in [1.82, 2.24) is 0 Å². The van der Waals surface area contributed by atoms with E-state index in [1.165, 1.54) is 25.3 Å². The number of ether oxygens (including phenoxy) is 2. The van der Waals surface area contributed by atoms with E-state index in [-0.39, 0.29) is 30.0 Å². The van der Waals surface area contributed by atoms with Gasteiger partial charge in [-0.1, -0.05) is 6.07 Å². The predicted molar refractivity (Wildman–Crippen MR) is 71.7 cm³/mol. The highest BCUT2D eigenvalue weighted by atomic mass is 32.2. The van der Waals surface area contributed by atoms with Crippen LogP contribution < -0.4 is 9.46 Å². The van der Waals surface area contributed by atoms with E-state index in [1.807, 2.05) is 0 Å². The Morgan fingerprint density at radius 3 is 2.71 bits per heavy atom. The van der Waals surface area contributed by atoms with Crippen molar-refractivity contribution in [3.05, 3.63) is 24.3 Å². The van der Waals surface area contributed by atoms with Gasteiger partial charge in [0.1, 0.15) is 5.75 Å². The second kappa shape index (κ2) is 7.77. The van der Waals surface area contributed by atoms with Crippen LogP contribution in [0.25, 0.3) is 0 Å². The Balaban J connectivity index is 2.60. The molecule has 0 bridgehead atoms. The minimum Gasteiger partial charge on any atom is -0.469 e. The van der Waals surface area contributed by atoms with Gasteiger partial charge in [-0.05, 0) is 18.6 Å². The lowest BCUT2D eigenvalue weighted by Crippen LogP contribution is -2.17. The lowest BCUT2D eigenvalue weighted by molar-refractivity contribution is -0.140. The molecule has 1 rings (SSSR count). The first-order valence-corrected chi connectivity index (χ1v) is 7.60. The highest BCUT2D eigenvalue weighted by Gasteiger charge is 2.13. The maximum atomic E-state index is 12.1. The van der Waals surface area contributed by atoms with Crippen LogP contribution in [-0.4, -0.2) is 33.9 Å². The van der Waals surface area contributed by atoms with Crippen molar-refractivity contribution in [3.8, 4) is 5.75 Å². The van der Waals surface area contributed by atoms with Crippen molar-refractivity contribution in [2.45, 2.75) is 19.5 Å². The normalized spacial score (nSPS) is 11.2. The minimum atomic E-state index is -3.68. The molecule has 0 saturated carbocycles. The molecule has 118 valence electrons. The standard InChI is InChI=1S/C12H15F2NO5S/c1-19-11(16)6-3-7-21(17,18)15-9-4-2-5-10(8-9)20-12(13)14/h2,4-5,8,12,15H,3,6-7H2,1H3. The van der Waals surface area contributed by atoms with Crippen LogP contribution in [0.1, 0.15) is 12.8 Å². The van der Waals surface area contributed by atoms with Gasteiger partial charge in [0, 0.05) is 12.5 Å². The Morgan fingerprint density at radius 1 is 1.38 bits per heavy atom. The molecule has 21 heavy (non-hydrogen) atoms. The molecule has 0 heterocycles. The van der Waals surface area contributed by atoms with Gasteiger partial charge < -0.3 is 9.47 Å². The average molecular weight is 323 g/mol. The number of carbonyl (C=O) groups excluding carboxylic acids is 1. The summed E-state index contributed by atoms with van der Waals surface area (Å²) in [5.74, 6) is -0.945. The van der Waals surface area contributed by atoms with E-state index in [0.29, 0.717) is 0 Å². The van der Waals surface area contributed by atoms with Crippen molar-refractivity contribution >= 4 is 21.7 Å². The van der Waals surface area contributed by atoms with Crippen LogP contribution in [0.2, 0.25) is 0 Å². The summed E-state index contributed by atoms with van der Waals surface area (Å²) >= 11 is 0. The zero-order chi connectivity index (χ0) is 15.9. The SMILES string of the molecule is COC(=O)CCCS(=O)(=O)Nc1cccc(OC(F)F)c1. The Kier molecular flexibility index (Phi) is 6.35. The van der Waals surface area contributed by atoms with Gasteiger partial charge in [-0.2, -0.15) is 8.78 Å². The maximum Gasteiger partial charge on any atom is 0.387 e. The molecule has 1 aromatic carbocycles. The minimum absolute atomic E-state index is 0.0219. The largest absolute Gasteiger partial charge is 0.469 e. The number of hydrogen-bond donors (Lipinski definition) is 1. The van der Waals surface area contributed by atoms with Crippen molar-refractivity contribution in [1.29, 1.82) is 0 Å². The number of halogens is 2. The summed E-state index contributed by atoms with van der Waals surface area (Å²) in [7, 11) is -2.47. The van der Waals surface area contributed by atoms with Gasteiger partial charge in [0.25, 0.3) is 0 Å². The van der Waals surface area contributed by atoms with Crippen LogP contribution >= 0.6 is 0 Å². The zero-order valence-electron chi connectivity index (χ0n) is 11.2. The van der Waals surface area contributed by atoms with Gasteiger partial charge in [-0.15, -0.1) is 0 Å². The van der Waals surface area contributed by atoms with Gasteiger partial charge >= 0.3 is 12.6 Å². The van der Waals surface area contributed by atoms with Crippen LogP contribution in [0.3, 0.4) is 0 Å². The lowest BCUT2D eigenvalue weighted by atomic mass is 10.3. The smallest absolute Gasteiger partial charge is 0.387 e. The monoisotopic (exact) mass is 323 g/mol. The summed E-state index contributed by atoms with van der Waals surface area (Å²) in [5.41, 5.74) is 0.103.